The number of hydrogen-bond acceptors (Lipinski definition) is 2. The van der Waals surface area contributed by atoms with E-state index < -0.39 is 0 Å². The second-order valence-electron chi connectivity index (χ2n) is 6.76. The van der Waals surface area contributed by atoms with Crippen molar-refractivity contribution in [1.29, 1.82) is 0 Å². The summed E-state index contributed by atoms with van der Waals surface area (Å²) in [4.78, 5) is 8.15. The Morgan fingerprint density at radius 3 is 2.76 bits per heavy atom. The SMILES string of the molecule is CC(NC(C)C1CC2C=CC1C2)c1nc2ccccc2[nH]1. The van der Waals surface area contributed by atoms with E-state index in [9.17, 15) is 0 Å². The number of rotatable bonds is 4. The highest BCUT2D eigenvalue weighted by Crippen LogP contribution is 2.45. The van der Waals surface area contributed by atoms with Gasteiger partial charge in [0.15, 0.2) is 0 Å². The summed E-state index contributed by atoms with van der Waals surface area (Å²) >= 11 is 0. The molecule has 0 amide bonds. The molecule has 0 radical (unpaired) electrons. The molecule has 1 aromatic carbocycles. The number of imidazole rings is 1. The Morgan fingerprint density at radius 2 is 2.05 bits per heavy atom. The number of H-pyrrole nitrogens is 1. The number of aromatic amines is 1. The quantitative estimate of drug-likeness (QED) is 0.837. The summed E-state index contributed by atoms with van der Waals surface area (Å²) < 4.78 is 0. The van der Waals surface area contributed by atoms with Crippen molar-refractivity contribution < 1.29 is 0 Å². The van der Waals surface area contributed by atoms with Gasteiger partial charge in [-0.15, -0.1) is 0 Å². The molecule has 1 aromatic heterocycles. The van der Waals surface area contributed by atoms with Crippen molar-refractivity contribution in [2.75, 3.05) is 0 Å². The van der Waals surface area contributed by atoms with Gasteiger partial charge in [-0.1, -0.05) is 24.3 Å². The van der Waals surface area contributed by atoms with E-state index in [0.717, 1.165) is 34.6 Å². The van der Waals surface area contributed by atoms with E-state index >= 15 is 0 Å². The normalized spacial score (nSPS) is 30.1. The third kappa shape index (κ3) is 2.30. The number of nitrogens with one attached hydrogen (secondary N) is 2. The number of aromatic nitrogens is 2. The molecule has 0 saturated heterocycles. The second kappa shape index (κ2) is 4.99. The molecule has 1 fully saturated rings. The van der Waals surface area contributed by atoms with Crippen LogP contribution in [0.25, 0.3) is 11.0 Å². The number of fused-ring (bicyclic) bond motifs is 3. The first-order valence-electron chi connectivity index (χ1n) is 8.09. The van der Waals surface area contributed by atoms with Crippen LogP contribution in [0.1, 0.15) is 38.6 Å². The molecule has 2 aliphatic rings. The highest BCUT2D eigenvalue weighted by atomic mass is 15.0. The topological polar surface area (TPSA) is 40.7 Å². The number of hydrogen-bond donors (Lipinski definition) is 2. The Kier molecular flexibility index (Phi) is 3.11. The van der Waals surface area contributed by atoms with Gasteiger partial charge in [-0.05, 0) is 56.6 Å². The van der Waals surface area contributed by atoms with E-state index in [-0.39, 0.29) is 6.04 Å². The number of nitrogens with zero attached hydrogens (tertiary/aromatic N) is 1. The minimum atomic E-state index is 0.260. The van der Waals surface area contributed by atoms with E-state index in [1.807, 2.05) is 12.1 Å². The first kappa shape index (κ1) is 13.1. The lowest BCUT2D eigenvalue weighted by Gasteiger charge is -2.28. The van der Waals surface area contributed by atoms with Crippen LogP contribution in [-0.4, -0.2) is 16.0 Å². The third-order valence-corrected chi connectivity index (χ3v) is 5.30. The van der Waals surface area contributed by atoms with Crippen LogP contribution in [0.5, 0.6) is 0 Å². The van der Waals surface area contributed by atoms with Crippen molar-refractivity contribution in [2.24, 2.45) is 17.8 Å². The van der Waals surface area contributed by atoms with Gasteiger partial charge in [-0.25, -0.2) is 4.98 Å². The summed E-state index contributed by atoms with van der Waals surface area (Å²) in [7, 11) is 0. The van der Waals surface area contributed by atoms with E-state index in [4.69, 9.17) is 4.98 Å². The zero-order chi connectivity index (χ0) is 14.4. The van der Waals surface area contributed by atoms with Gasteiger partial charge in [-0.3, -0.25) is 0 Å². The molecule has 2 aromatic rings. The van der Waals surface area contributed by atoms with Crippen LogP contribution >= 0.6 is 0 Å². The molecule has 0 aliphatic heterocycles. The third-order valence-electron chi connectivity index (χ3n) is 5.30. The number of benzene rings is 1. The Balaban J connectivity index is 1.47. The maximum atomic E-state index is 4.71. The lowest BCUT2D eigenvalue weighted by Crippen LogP contribution is -2.37. The smallest absolute Gasteiger partial charge is 0.124 e. The van der Waals surface area contributed by atoms with Gasteiger partial charge in [0, 0.05) is 6.04 Å². The van der Waals surface area contributed by atoms with Crippen LogP contribution in [0.15, 0.2) is 36.4 Å². The zero-order valence-corrected chi connectivity index (χ0v) is 12.7. The second-order valence-corrected chi connectivity index (χ2v) is 6.76. The molecule has 110 valence electrons. The molecule has 1 heterocycles. The lowest BCUT2D eigenvalue weighted by atomic mass is 9.87. The monoisotopic (exact) mass is 281 g/mol. The Labute approximate surface area is 125 Å². The molecular weight excluding hydrogens is 258 g/mol. The first-order valence-corrected chi connectivity index (χ1v) is 8.09. The van der Waals surface area contributed by atoms with E-state index in [1.54, 1.807) is 0 Å². The maximum Gasteiger partial charge on any atom is 0.124 e. The van der Waals surface area contributed by atoms with Crippen LogP contribution in [0, 0.1) is 17.8 Å². The Morgan fingerprint density at radius 1 is 1.19 bits per heavy atom. The molecule has 3 nitrogen and oxygen atoms in total. The molecule has 2 bridgehead atoms. The van der Waals surface area contributed by atoms with Crippen molar-refractivity contribution in [2.45, 2.75) is 38.8 Å². The van der Waals surface area contributed by atoms with Crippen molar-refractivity contribution in [1.82, 2.24) is 15.3 Å². The highest BCUT2D eigenvalue weighted by molar-refractivity contribution is 5.74. The van der Waals surface area contributed by atoms with Crippen molar-refractivity contribution >= 4 is 11.0 Å². The Hall–Kier alpha value is -1.61. The fourth-order valence-corrected chi connectivity index (χ4v) is 4.17. The molecule has 1 saturated carbocycles. The van der Waals surface area contributed by atoms with Crippen molar-refractivity contribution in [3.05, 3.63) is 42.2 Å². The minimum absolute atomic E-state index is 0.260. The molecule has 5 unspecified atom stereocenters. The molecule has 2 N–H and O–H groups in total. The molecule has 5 atom stereocenters. The summed E-state index contributed by atoms with van der Waals surface area (Å²) in [6.07, 6.45) is 7.57. The van der Waals surface area contributed by atoms with Crippen LogP contribution in [0.3, 0.4) is 0 Å². The highest BCUT2D eigenvalue weighted by Gasteiger charge is 2.38. The van der Waals surface area contributed by atoms with Crippen LogP contribution in [-0.2, 0) is 0 Å². The largest absolute Gasteiger partial charge is 0.341 e. The van der Waals surface area contributed by atoms with Gasteiger partial charge >= 0.3 is 0 Å². The minimum Gasteiger partial charge on any atom is -0.341 e. The predicted molar refractivity (Wildman–Crippen MR) is 86.0 cm³/mol. The zero-order valence-electron chi connectivity index (χ0n) is 12.7. The van der Waals surface area contributed by atoms with E-state index in [1.165, 1.54) is 12.8 Å². The van der Waals surface area contributed by atoms with Gasteiger partial charge in [0.2, 0.25) is 0 Å². The standard InChI is InChI=1S/C18H23N3/c1-11(15-10-13-7-8-14(15)9-13)19-12(2)18-20-16-5-3-4-6-17(16)21-18/h3-8,11-15,19H,9-10H2,1-2H3,(H,20,21). The van der Waals surface area contributed by atoms with Crippen LogP contribution in [0.2, 0.25) is 0 Å². The summed E-state index contributed by atoms with van der Waals surface area (Å²) in [5.74, 6) is 3.46. The number of allylic oxidation sites excluding steroid dienone is 2. The summed E-state index contributed by atoms with van der Waals surface area (Å²) in [6.45, 7) is 4.54. The first-order chi connectivity index (χ1) is 10.2. The molecule has 0 spiro atoms. The average molecular weight is 281 g/mol. The van der Waals surface area contributed by atoms with E-state index in [0.29, 0.717) is 6.04 Å². The summed E-state index contributed by atoms with van der Waals surface area (Å²) in [5, 5.41) is 3.76. The lowest BCUT2D eigenvalue weighted by molar-refractivity contribution is 0.304. The van der Waals surface area contributed by atoms with Crippen LogP contribution < -0.4 is 5.32 Å². The van der Waals surface area contributed by atoms with Crippen LogP contribution in [0.4, 0.5) is 0 Å². The Bertz CT molecular complexity index is 639. The van der Waals surface area contributed by atoms with Gasteiger partial charge in [0.25, 0.3) is 0 Å². The predicted octanol–water partition coefficient (Wildman–Crippen LogP) is 3.81. The molecular formula is C18H23N3. The van der Waals surface area contributed by atoms with Gasteiger partial charge in [-0.2, -0.15) is 0 Å². The van der Waals surface area contributed by atoms with Gasteiger partial charge < -0.3 is 10.3 Å². The number of para-hydroxylation sites is 2. The molecule has 21 heavy (non-hydrogen) atoms. The fraction of sp³-hybridized carbons (Fsp3) is 0.500. The maximum absolute atomic E-state index is 4.71. The van der Waals surface area contributed by atoms with E-state index in [2.05, 4.69) is 48.4 Å². The molecule has 2 aliphatic carbocycles. The molecule has 4 rings (SSSR count). The van der Waals surface area contributed by atoms with Gasteiger partial charge in [0.05, 0.1) is 17.1 Å². The fourth-order valence-electron chi connectivity index (χ4n) is 4.17. The summed E-state index contributed by atoms with van der Waals surface area (Å²) in [5.41, 5.74) is 2.17. The molecule has 3 heteroatoms. The average Bonchev–Trinajstić information content (AvgIpc) is 3.21. The van der Waals surface area contributed by atoms with Gasteiger partial charge in [0.1, 0.15) is 5.82 Å². The van der Waals surface area contributed by atoms with Crippen molar-refractivity contribution in [3.8, 4) is 0 Å². The van der Waals surface area contributed by atoms with Crippen molar-refractivity contribution in [3.63, 3.8) is 0 Å². The summed E-state index contributed by atoms with van der Waals surface area (Å²) in [6, 6.07) is 9.03.